The molecule has 34 heavy (non-hydrogen) atoms. The van der Waals surface area contributed by atoms with Crippen molar-refractivity contribution >= 4 is 21.8 Å². The molecule has 1 saturated heterocycles. The Balaban J connectivity index is 1.71. The largest absolute Gasteiger partial charge is 0.493 e. The van der Waals surface area contributed by atoms with Gasteiger partial charge in [0.2, 0.25) is 10.0 Å². The summed E-state index contributed by atoms with van der Waals surface area (Å²) in [5.74, 6) is -0.731. The minimum Gasteiger partial charge on any atom is -0.493 e. The number of piperazine rings is 1. The van der Waals surface area contributed by atoms with E-state index in [-0.39, 0.29) is 48.6 Å². The molecule has 184 valence electrons. The zero-order chi connectivity index (χ0) is 25.0. The summed E-state index contributed by atoms with van der Waals surface area (Å²) in [6, 6.07) is 7.65. The van der Waals surface area contributed by atoms with E-state index in [4.69, 9.17) is 9.47 Å². The normalized spacial score (nSPS) is 14.3. The third kappa shape index (κ3) is 5.48. The molecule has 9 nitrogen and oxygen atoms in total. The zero-order valence-corrected chi connectivity index (χ0v) is 20.3. The summed E-state index contributed by atoms with van der Waals surface area (Å²) in [6.07, 6.45) is 0. The number of carbonyl (C=O) groups excluding carboxylic acids is 2. The van der Waals surface area contributed by atoms with Crippen LogP contribution in [-0.2, 0) is 10.0 Å². The molecule has 0 atom stereocenters. The first-order valence-corrected chi connectivity index (χ1v) is 12.2. The summed E-state index contributed by atoms with van der Waals surface area (Å²) in [5, 5.41) is 0. The van der Waals surface area contributed by atoms with Crippen molar-refractivity contribution in [1.82, 2.24) is 14.5 Å². The molecule has 2 amide bonds. The first kappa shape index (κ1) is 25.4. The Labute approximate surface area is 198 Å². The minimum absolute atomic E-state index is 0.179. The lowest BCUT2D eigenvalue weighted by Crippen LogP contribution is -2.50. The number of nitrogens with zero attached hydrogens (tertiary/aromatic N) is 2. The summed E-state index contributed by atoms with van der Waals surface area (Å²) < 4.78 is 52.1. The van der Waals surface area contributed by atoms with E-state index in [2.05, 4.69) is 4.72 Å². The van der Waals surface area contributed by atoms with Crippen LogP contribution in [-0.4, -0.2) is 76.5 Å². The van der Waals surface area contributed by atoms with Gasteiger partial charge in [0.25, 0.3) is 11.8 Å². The van der Waals surface area contributed by atoms with Crippen LogP contribution in [0.15, 0.2) is 41.3 Å². The number of amides is 2. The van der Waals surface area contributed by atoms with Gasteiger partial charge in [0, 0.05) is 37.8 Å². The van der Waals surface area contributed by atoms with E-state index in [0.29, 0.717) is 17.1 Å². The Morgan fingerprint density at radius 3 is 2.06 bits per heavy atom. The lowest BCUT2D eigenvalue weighted by Gasteiger charge is -2.35. The molecular weight excluding hydrogens is 465 g/mol. The van der Waals surface area contributed by atoms with Crippen LogP contribution in [0.2, 0.25) is 0 Å². The third-order valence-corrected chi connectivity index (χ3v) is 7.01. The molecule has 1 fully saturated rings. The van der Waals surface area contributed by atoms with Gasteiger partial charge in [-0.15, -0.1) is 0 Å². The van der Waals surface area contributed by atoms with E-state index in [1.165, 1.54) is 19.1 Å². The van der Waals surface area contributed by atoms with Gasteiger partial charge in [-0.05, 0) is 50.2 Å². The molecule has 1 aliphatic rings. The summed E-state index contributed by atoms with van der Waals surface area (Å²) >= 11 is 0. The number of methoxy groups -OCH3 is 2. The smallest absolute Gasteiger partial charge is 0.256 e. The van der Waals surface area contributed by atoms with Crippen molar-refractivity contribution in [3.63, 3.8) is 0 Å². The number of halogens is 1. The SMILES string of the molecule is COc1ccc(C(=O)N2CCN(C(=O)c3cc(S(=O)(=O)NC(C)C)ccc3F)CC2)cc1OC. The van der Waals surface area contributed by atoms with Gasteiger partial charge in [-0.2, -0.15) is 0 Å². The van der Waals surface area contributed by atoms with E-state index < -0.39 is 21.7 Å². The highest BCUT2D eigenvalue weighted by Gasteiger charge is 2.28. The first-order valence-electron chi connectivity index (χ1n) is 10.7. The van der Waals surface area contributed by atoms with Crippen LogP contribution >= 0.6 is 0 Å². The number of ether oxygens (including phenoxy) is 2. The topological polar surface area (TPSA) is 105 Å². The number of carbonyl (C=O) groups is 2. The molecule has 0 aromatic heterocycles. The molecule has 2 aromatic carbocycles. The van der Waals surface area contributed by atoms with Crippen molar-refractivity contribution in [2.75, 3.05) is 40.4 Å². The summed E-state index contributed by atoms with van der Waals surface area (Å²) in [4.78, 5) is 28.7. The van der Waals surface area contributed by atoms with Crippen molar-refractivity contribution in [2.24, 2.45) is 0 Å². The van der Waals surface area contributed by atoms with E-state index >= 15 is 0 Å². The maximum atomic E-state index is 14.4. The van der Waals surface area contributed by atoms with Gasteiger partial charge in [-0.25, -0.2) is 17.5 Å². The highest BCUT2D eigenvalue weighted by Crippen LogP contribution is 2.28. The van der Waals surface area contributed by atoms with Crippen LogP contribution in [0, 0.1) is 5.82 Å². The number of nitrogens with one attached hydrogen (secondary N) is 1. The van der Waals surface area contributed by atoms with Gasteiger partial charge in [0.05, 0.1) is 24.7 Å². The Bertz CT molecular complexity index is 1180. The van der Waals surface area contributed by atoms with Crippen LogP contribution in [0.1, 0.15) is 34.6 Å². The summed E-state index contributed by atoms with van der Waals surface area (Å²) in [5.41, 5.74) is 0.0883. The van der Waals surface area contributed by atoms with E-state index in [1.54, 1.807) is 36.9 Å². The average molecular weight is 494 g/mol. The van der Waals surface area contributed by atoms with Crippen molar-refractivity contribution in [1.29, 1.82) is 0 Å². The predicted octanol–water partition coefficient (Wildman–Crippen LogP) is 2.13. The number of benzene rings is 2. The second kappa shape index (κ2) is 10.4. The molecule has 1 N–H and O–H groups in total. The summed E-state index contributed by atoms with van der Waals surface area (Å²) in [7, 11) is -0.899. The van der Waals surface area contributed by atoms with Gasteiger partial charge in [-0.3, -0.25) is 9.59 Å². The van der Waals surface area contributed by atoms with Crippen molar-refractivity contribution in [3.05, 3.63) is 53.3 Å². The number of sulfonamides is 1. The van der Waals surface area contributed by atoms with Crippen molar-refractivity contribution in [2.45, 2.75) is 24.8 Å². The molecule has 0 unspecified atom stereocenters. The molecule has 0 aliphatic carbocycles. The van der Waals surface area contributed by atoms with Gasteiger partial charge in [0.1, 0.15) is 5.82 Å². The van der Waals surface area contributed by atoms with Crippen LogP contribution in [0.3, 0.4) is 0 Å². The molecule has 1 heterocycles. The van der Waals surface area contributed by atoms with E-state index in [9.17, 15) is 22.4 Å². The minimum atomic E-state index is -3.88. The average Bonchev–Trinajstić information content (AvgIpc) is 2.82. The molecule has 0 radical (unpaired) electrons. The standard InChI is InChI=1S/C23H28FN3O6S/c1-15(2)25-34(30,31)17-6-7-19(24)18(14-17)23(29)27-11-9-26(10-12-27)22(28)16-5-8-20(32-3)21(13-16)33-4/h5-8,13-15,25H,9-12H2,1-4H3. The maximum Gasteiger partial charge on any atom is 0.256 e. The molecule has 0 saturated carbocycles. The monoisotopic (exact) mass is 493 g/mol. The third-order valence-electron chi connectivity index (χ3n) is 5.35. The van der Waals surface area contributed by atoms with Gasteiger partial charge < -0.3 is 19.3 Å². The predicted molar refractivity (Wildman–Crippen MR) is 123 cm³/mol. The quantitative estimate of drug-likeness (QED) is 0.634. The fourth-order valence-electron chi connectivity index (χ4n) is 3.65. The second-order valence-electron chi connectivity index (χ2n) is 8.07. The molecule has 2 aromatic rings. The lowest BCUT2D eigenvalue weighted by atomic mass is 10.1. The molecule has 0 bridgehead atoms. The number of hydrogen-bond acceptors (Lipinski definition) is 6. The Hall–Kier alpha value is -3.18. The van der Waals surface area contributed by atoms with Gasteiger partial charge in [-0.1, -0.05) is 0 Å². The summed E-state index contributed by atoms with van der Waals surface area (Å²) in [6.45, 7) is 4.17. The van der Waals surface area contributed by atoms with Crippen molar-refractivity contribution in [3.8, 4) is 11.5 Å². The fraction of sp³-hybridized carbons (Fsp3) is 0.391. The Morgan fingerprint density at radius 2 is 1.50 bits per heavy atom. The first-order chi connectivity index (χ1) is 16.1. The van der Waals surface area contributed by atoms with Crippen LogP contribution in [0.5, 0.6) is 11.5 Å². The van der Waals surface area contributed by atoms with Gasteiger partial charge >= 0.3 is 0 Å². The zero-order valence-electron chi connectivity index (χ0n) is 19.5. The number of rotatable bonds is 7. The lowest BCUT2D eigenvalue weighted by molar-refractivity contribution is 0.0532. The molecule has 3 rings (SSSR count). The highest BCUT2D eigenvalue weighted by molar-refractivity contribution is 7.89. The highest BCUT2D eigenvalue weighted by atomic mass is 32.2. The maximum absolute atomic E-state index is 14.4. The fourth-order valence-corrected chi connectivity index (χ4v) is 4.93. The molecule has 11 heteroatoms. The van der Waals surface area contributed by atoms with Crippen LogP contribution in [0.4, 0.5) is 4.39 Å². The Morgan fingerprint density at radius 1 is 0.912 bits per heavy atom. The molecular formula is C23H28FN3O6S. The number of hydrogen-bond donors (Lipinski definition) is 1. The Kier molecular flexibility index (Phi) is 7.78. The van der Waals surface area contributed by atoms with Crippen LogP contribution < -0.4 is 14.2 Å². The molecule has 0 spiro atoms. The van der Waals surface area contributed by atoms with E-state index in [1.807, 2.05) is 0 Å². The van der Waals surface area contributed by atoms with Crippen LogP contribution in [0.25, 0.3) is 0 Å². The second-order valence-corrected chi connectivity index (χ2v) is 9.79. The molecule has 1 aliphatic heterocycles. The van der Waals surface area contributed by atoms with Gasteiger partial charge in [0.15, 0.2) is 11.5 Å². The van der Waals surface area contributed by atoms with Crippen molar-refractivity contribution < 1.29 is 31.9 Å². The van der Waals surface area contributed by atoms with E-state index in [0.717, 1.165) is 18.2 Å².